The SMILES string of the molecule is C1=CC2SC3=C(c4c(ccc5c4CCC(C4NC(c6ccccc6)NC(C6CC=CCC6)N4)=C5)CC3)C2C=C1. The lowest BCUT2D eigenvalue weighted by Crippen LogP contribution is -2.66. The van der Waals surface area contributed by atoms with Gasteiger partial charge in [-0.2, -0.15) is 0 Å². The standard InChI is InChI=1S/C35H37N3S/c1-3-9-23(10-4-1)33-36-34(24-11-5-2-6-12-24)38-35(37-33)26-17-19-27-25(21-26)16-15-22-18-20-30-32(31(22)27)28-13-7-8-14-29(28)39-30/h1-5,7-10,13-16,21,24,28-29,33-38H,6,11-12,17-20H2. The van der Waals surface area contributed by atoms with Gasteiger partial charge < -0.3 is 0 Å². The second kappa shape index (κ2) is 10.1. The Morgan fingerprint density at radius 2 is 1.69 bits per heavy atom. The van der Waals surface area contributed by atoms with Crippen molar-refractivity contribution in [2.24, 2.45) is 11.8 Å². The van der Waals surface area contributed by atoms with E-state index in [9.17, 15) is 0 Å². The van der Waals surface area contributed by atoms with Gasteiger partial charge in [-0.1, -0.05) is 85.0 Å². The van der Waals surface area contributed by atoms with Crippen LogP contribution in [0.25, 0.3) is 11.6 Å². The van der Waals surface area contributed by atoms with Crippen LogP contribution in [0.2, 0.25) is 0 Å². The van der Waals surface area contributed by atoms with Crippen LogP contribution in [-0.4, -0.2) is 17.6 Å². The van der Waals surface area contributed by atoms with E-state index in [1.807, 2.05) is 0 Å². The quantitative estimate of drug-likeness (QED) is 0.372. The first-order valence-electron chi connectivity index (χ1n) is 14.9. The molecule has 0 radical (unpaired) electrons. The smallest absolute Gasteiger partial charge is 0.0861 e. The van der Waals surface area contributed by atoms with Crippen molar-refractivity contribution in [3.8, 4) is 0 Å². The summed E-state index contributed by atoms with van der Waals surface area (Å²) in [7, 11) is 0. The number of hydrogen-bond acceptors (Lipinski definition) is 4. The number of benzene rings is 2. The first-order valence-corrected chi connectivity index (χ1v) is 15.8. The average molecular weight is 532 g/mol. The van der Waals surface area contributed by atoms with Crippen molar-refractivity contribution in [2.45, 2.75) is 68.7 Å². The van der Waals surface area contributed by atoms with Crippen LogP contribution in [-0.2, 0) is 12.8 Å². The highest BCUT2D eigenvalue weighted by Gasteiger charge is 2.39. The Labute approximate surface area is 236 Å². The van der Waals surface area contributed by atoms with Crippen LogP contribution >= 0.6 is 11.8 Å². The molecule has 6 aliphatic rings. The van der Waals surface area contributed by atoms with Crippen molar-refractivity contribution >= 4 is 23.4 Å². The van der Waals surface area contributed by atoms with Gasteiger partial charge in [-0.15, -0.1) is 11.8 Å². The summed E-state index contributed by atoms with van der Waals surface area (Å²) in [5.74, 6) is 1.15. The van der Waals surface area contributed by atoms with Crippen LogP contribution in [0.15, 0.2) is 89.4 Å². The molecule has 3 nitrogen and oxygen atoms in total. The summed E-state index contributed by atoms with van der Waals surface area (Å²) in [6.07, 6.45) is 25.4. The van der Waals surface area contributed by atoms with Crippen molar-refractivity contribution in [1.82, 2.24) is 16.0 Å². The minimum atomic E-state index is 0.144. The van der Waals surface area contributed by atoms with Crippen molar-refractivity contribution < 1.29 is 0 Å². The molecule has 1 saturated heterocycles. The monoisotopic (exact) mass is 531 g/mol. The van der Waals surface area contributed by atoms with Crippen LogP contribution < -0.4 is 16.0 Å². The topological polar surface area (TPSA) is 36.1 Å². The summed E-state index contributed by atoms with van der Waals surface area (Å²) in [5.41, 5.74) is 10.6. The van der Waals surface area contributed by atoms with E-state index >= 15 is 0 Å². The van der Waals surface area contributed by atoms with E-state index in [0.29, 0.717) is 23.3 Å². The number of allylic oxidation sites excluding steroid dienone is 7. The second-order valence-corrected chi connectivity index (χ2v) is 13.2. The van der Waals surface area contributed by atoms with Gasteiger partial charge in [0.15, 0.2) is 0 Å². The molecule has 3 N–H and O–H groups in total. The highest BCUT2D eigenvalue weighted by Crippen LogP contribution is 2.55. The molecule has 2 aromatic carbocycles. The molecule has 4 heteroatoms. The second-order valence-electron chi connectivity index (χ2n) is 11.9. The van der Waals surface area contributed by atoms with Crippen LogP contribution in [0.1, 0.15) is 66.1 Å². The lowest BCUT2D eigenvalue weighted by Gasteiger charge is -2.44. The van der Waals surface area contributed by atoms with Gasteiger partial charge in [0.25, 0.3) is 0 Å². The van der Waals surface area contributed by atoms with Gasteiger partial charge in [-0.3, -0.25) is 16.0 Å². The molecule has 0 aromatic heterocycles. The number of rotatable bonds is 3. The lowest BCUT2D eigenvalue weighted by atomic mass is 9.75. The van der Waals surface area contributed by atoms with Gasteiger partial charge in [0.1, 0.15) is 0 Å². The fourth-order valence-corrected chi connectivity index (χ4v) is 9.12. The molecule has 2 heterocycles. The molecule has 6 unspecified atom stereocenters. The average Bonchev–Trinajstić information content (AvgIpc) is 3.40. The molecule has 2 aromatic rings. The zero-order chi connectivity index (χ0) is 25.8. The Balaban J connectivity index is 1.13. The van der Waals surface area contributed by atoms with Gasteiger partial charge in [-0.05, 0) is 94.7 Å². The lowest BCUT2D eigenvalue weighted by molar-refractivity contribution is 0.160. The summed E-state index contributed by atoms with van der Waals surface area (Å²) in [6, 6.07) is 15.7. The molecule has 0 spiro atoms. The maximum Gasteiger partial charge on any atom is 0.0861 e. The zero-order valence-electron chi connectivity index (χ0n) is 22.4. The van der Waals surface area contributed by atoms with Crippen LogP contribution in [0, 0.1) is 11.8 Å². The third-order valence-electron chi connectivity index (χ3n) is 9.64. The fraction of sp³-hybridized carbons (Fsp3) is 0.371. The molecule has 0 saturated carbocycles. The zero-order valence-corrected chi connectivity index (χ0v) is 23.2. The van der Waals surface area contributed by atoms with Gasteiger partial charge >= 0.3 is 0 Å². The Morgan fingerprint density at radius 3 is 2.59 bits per heavy atom. The first-order chi connectivity index (χ1) is 19.3. The third-order valence-corrected chi connectivity index (χ3v) is 11.1. The summed E-state index contributed by atoms with van der Waals surface area (Å²) < 4.78 is 0. The maximum absolute atomic E-state index is 4.01. The van der Waals surface area contributed by atoms with Crippen LogP contribution in [0.4, 0.5) is 0 Å². The van der Waals surface area contributed by atoms with E-state index < -0.39 is 0 Å². The van der Waals surface area contributed by atoms with Crippen LogP contribution in [0.3, 0.4) is 0 Å². The Morgan fingerprint density at radius 1 is 0.795 bits per heavy atom. The van der Waals surface area contributed by atoms with E-state index in [4.69, 9.17) is 0 Å². The van der Waals surface area contributed by atoms with Crippen LogP contribution in [0.5, 0.6) is 0 Å². The molecule has 6 atom stereocenters. The number of thioether (sulfide) groups is 1. The normalized spacial score (nSPS) is 32.8. The molecule has 0 amide bonds. The molecule has 1 fully saturated rings. The van der Waals surface area contributed by atoms with Gasteiger partial charge in [0.05, 0.1) is 18.5 Å². The van der Waals surface area contributed by atoms with Crippen molar-refractivity contribution in [2.75, 3.05) is 0 Å². The van der Waals surface area contributed by atoms with Crippen molar-refractivity contribution in [1.29, 1.82) is 0 Å². The van der Waals surface area contributed by atoms with Gasteiger partial charge in [-0.25, -0.2) is 0 Å². The largest absolute Gasteiger partial charge is 0.283 e. The number of aryl methyl sites for hydroxylation is 1. The van der Waals surface area contributed by atoms with Gasteiger partial charge in [0.2, 0.25) is 0 Å². The summed E-state index contributed by atoms with van der Waals surface area (Å²) >= 11 is 2.12. The maximum atomic E-state index is 4.01. The molecular formula is C35H37N3S. The number of nitrogens with one attached hydrogen (secondary N) is 3. The molecular weight excluding hydrogens is 494 g/mol. The summed E-state index contributed by atoms with van der Waals surface area (Å²) in [5, 5.41) is 12.4. The number of hydrogen-bond donors (Lipinski definition) is 3. The van der Waals surface area contributed by atoms with Gasteiger partial charge in [0, 0.05) is 11.2 Å². The highest BCUT2D eigenvalue weighted by molar-refractivity contribution is 8.04. The molecule has 0 bridgehead atoms. The van der Waals surface area contributed by atoms with E-state index in [1.165, 1.54) is 42.4 Å². The Bertz CT molecular complexity index is 1430. The predicted molar refractivity (Wildman–Crippen MR) is 164 cm³/mol. The predicted octanol–water partition coefficient (Wildman–Crippen LogP) is 7.02. The summed E-state index contributed by atoms with van der Waals surface area (Å²) in [4.78, 5) is 1.65. The fourth-order valence-electron chi connectivity index (χ4n) is 7.67. The molecule has 8 rings (SSSR count). The molecule has 4 aliphatic carbocycles. The minimum Gasteiger partial charge on any atom is -0.283 e. The molecule has 2 aliphatic heterocycles. The third kappa shape index (κ3) is 4.33. The van der Waals surface area contributed by atoms with Crippen molar-refractivity contribution in [3.63, 3.8) is 0 Å². The highest BCUT2D eigenvalue weighted by atomic mass is 32.2. The van der Waals surface area contributed by atoms with Crippen molar-refractivity contribution in [3.05, 3.63) is 117 Å². The minimum absolute atomic E-state index is 0.144. The molecule has 39 heavy (non-hydrogen) atoms. The molecule has 198 valence electrons. The summed E-state index contributed by atoms with van der Waals surface area (Å²) in [6.45, 7) is 0. The Kier molecular flexibility index (Phi) is 6.25. The first kappa shape index (κ1) is 24.2. The van der Waals surface area contributed by atoms with E-state index in [-0.39, 0.29) is 12.3 Å². The van der Waals surface area contributed by atoms with E-state index in [1.54, 1.807) is 27.2 Å². The van der Waals surface area contributed by atoms with E-state index in [2.05, 4.69) is 113 Å². The Hall–Kier alpha value is -2.63. The number of fused-ring (bicyclic) bond motifs is 6. The van der Waals surface area contributed by atoms with E-state index in [0.717, 1.165) is 19.3 Å².